The summed E-state index contributed by atoms with van der Waals surface area (Å²) in [6.07, 6.45) is 3.45. The Balaban J connectivity index is 1.06. The molecule has 0 spiro atoms. The lowest BCUT2D eigenvalue weighted by Crippen LogP contribution is -2.64. The van der Waals surface area contributed by atoms with Crippen molar-refractivity contribution in [2.45, 2.75) is 190 Å². The summed E-state index contributed by atoms with van der Waals surface area (Å²) in [7, 11) is 7.68. The summed E-state index contributed by atoms with van der Waals surface area (Å²) in [6, 6.07) is 15.2. The van der Waals surface area contributed by atoms with Gasteiger partial charge in [-0.3, -0.25) is 52.7 Å². The van der Waals surface area contributed by atoms with Gasteiger partial charge in [0, 0.05) is 101 Å². The zero-order valence-corrected chi connectivity index (χ0v) is 65.8. The Morgan fingerprint density at radius 2 is 1.45 bits per heavy atom. The van der Waals surface area contributed by atoms with E-state index in [9.17, 15) is 33.9 Å². The quantitative estimate of drug-likeness (QED) is 0.0386. The van der Waals surface area contributed by atoms with Crippen molar-refractivity contribution in [2.75, 3.05) is 94.0 Å². The number of fused-ring (bicyclic) bond motifs is 16. The average molecular weight is 1570 g/mol. The number of likely N-dealkylation sites (N-methyl/N-ethyl adjacent to an activating group) is 1. The minimum absolute atomic E-state index is 0.0159. The molecule has 10 N–H and O–H groups in total. The number of nitrogens with one attached hydrogen (secondary N) is 9. The van der Waals surface area contributed by atoms with Crippen LogP contribution >= 0.6 is 0 Å². The van der Waals surface area contributed by atoms with Crippen molar-refractivity contribution in [1.29, 1.82) is 0 Å². The number of methoxy groups -OCH3 is 1. The number of amides is 10. The summed E-state index contributed by atoms with van der Waals surface area (Å²) in [5.41, 5.74) is 2.94. The standard InChI is InChI=1S/C83H110FN13O16/c1-52-76(103)89-61(23-24-62(99)32-39-111-41-42-112-40-38-97(4,5)6)49-86-66-45-56-13-11-14-57(43-56)48-87-73(102)51-113-70-31-37-95-75(70)79(106)93-74(53(2)98)78(105)92-67(44-55-18-25-63(110-7)26-19-55)81(108)96-36-12-33-83(96,3)82(109)85-34-30-54-16-20-58(21-17-54)65(90-72(101)29-28-71(100)88-52)15-9-8-10-35-94-50-59(46-68(80(95)107)91-77(66)104)64-47-60(84)22-27-69(64)94/h8,10-11,13-14,16-22,25-27,43,47,50,52-53,61,65-68,70,74-75,86,98H,9,12,15,23-24,28-42,44-46,48-49,51H2,1-7H3,(H7-,85,87,88,89,90,91,92,93,100,101,102,103,104,105,106,109)/p+1/b10-8+/t52-,53+,61+,65+,66-,67-,68-,70?,74-,75-,83-/m0/s1. The maximum absolute atomic E-state index is 16.3. The number of carbonyl (C=O) groups excluding carboxylic acids is 11. The SMILES string of the molecule is COc1ccc(C[C@@H]2NC(=O)[C@H]([C@@H](C)O)NC(=O)[C@@H]3C4CCN3C(=O)[C@@H]3Cc5cn(c6ccc(F)cc56)C/C=C/CC[C@@H](NC(=O)CCC(=O)N[C@@H](C)C(=O)N[C@H](CCC(=O)CCOCCOCC[N+](C)(C)C)CN[C@@H](Cc5cccc(c5)CNC(=O)CO4)C(=O)N3)c3ccc(cc3)CCNC(=O)[C@]3(C)CCCN3C2=O)cc1. The molecule has 2 saturated heterocycles. The number of carbonyl (C=O) groups is 11. The van der Waals surface area contributed by atoms with E-state index < -0.39 is 138 Å². The number of benzene rings is 4. The molecule has 11 rings (SSSR count). The summed E-state index contributed by atoms with van der Waals surface area (Å²) < 4.78 is 41.7. The first-order valence-corrected chi connectivity index (χ1v) is 39.3. The van der Waals surface area contributed by atoms with Gasteiger partial charge >= 0.3 is 0 Å². The molecular weight excluding hydrogens is 1450 g/mol. The zero-order valence-electron chi connectivity index (χ0n) is 65.8. The van der Waals surface area contributed by atoms with E-state index in [-0.39, 0.29) is 122 Å². The number of aromatic nitrogens is 1. The van der Waals surface area contributed by atoms with Gasteiger partial charge in [0.15, 0.2) is 0 Å². The normalized spacial score (nSPS) is 25.5. The molecule has 5 aromatic rings. The Hall–Kier alpha value is -9.98. The fourth-order valence-electron chi connectivity index (χ4n) is 15.0. The molecule has 6 aliphatic rings. The van der Waals surface area contributed by atoms with E-state index in [1.807, 2.05) is 41.0 Å². The molecule has 30 heteroatoms. The number of rotatable bonds is 16. The van der Waals surface area contributed by atoms with Crippen molar-refractivity contribution in [1.82, 2.24) is 62.2 Å². The third-order valence-electron chi connectivity index (χ3n) is 21.6. The van der Waals surface area contributed by atoms with Gasteiger partial charge in [-0.25, -0.2) is 4.39 Å². The van der Waals surface area contributed by atoms with Crippen molar-refractivity contribution in [3.8, 4) is 5.75 Å². The topological polar surface area (TPSA) is 365 Å². The van der Waals surface area contributed by atoms with Gasteiger partial charge in [-0.2, -0.15) is 0 Å². The van der Waals surface area contributed by atoms with Crippen LogP contribution < -0.4 is 52.6 Å². The number of hydrogen-bond donors (Lipinski definition) is 10. The summed E-state index contributed by atoms with van der Waals surface area (Å²) in [5.74, 6) is -7.22. The Morgan fingerprint density at radius 1 is 0.708 bits per heavy atom. The van der Waals surface area contributed by atoms with Crippen LogP contribution in [0, 0.1) is 5.82 Å². The number of aliphatic hydroxyl groups is 1. The van der Waals surface area contributed by atoms with Gasteiger partial charge in [0.1, 0.15) is 66.2 Å². The summed E-state index contributed by atoms with van der Waals surface area (Å²) in [5, 5.41) is 38.6. The van der Waals surface area contributed by atoms with Crippen molar-refractivity contribution in [2.24, 2.45) is 0 Å². The fourth-order valence-corrected chi connectivity index (χ4v) is 15.0. The van der Waals surface area contributed by atoms with Gasteiger partial charge in [-0.05, 0) is 136 Å². The molecule has 12 bridgehead atoms. The van der Waals surface area contributed by atoms with E-state index in [4.69, 9.17) is 18.9 Å². The Kier molecular flexibility index (Phi) is 30.4. The minimum Gasteiger partial charge on any atom is -0.497 e. The van der Waals surface area contributed by atoms with Crippen molar-refractivity contribution >= 4 is 75.8 Å². The molecule has 0 radical (unpaired) electrons. The number of ether oxygens (including phenoxy) is 4. The van der Waals surface area contributed by atoms with Gasteiger partial charge in [0.05, 0.1) is 79.0 Å². The number of allylic oxidation sites excluding steroid dienone is 2. The van der Waals surface area contributed by atoms with E-state index in [1.165, 1.54) is 42.9 Å². The number of Topliss-reactive ketones (excluding diaryl/α,β-unsaturated/α-hetero) is 1. The van der Waals surface area contributed by atoms with E-state index in [2.05, 4.69) is 69.0 Å². The van der Waals surface area contributed by atoms with Crippen molar-refractivity contribution < 1.29 is 85.7 Å². The van der Waals surface area contributed by atoms with Gasteiger partial charge in [0.2, 0.25) is 59.1 Å². The molecule has 1 aromatic heterocycles. The molecule has 610 valence electrons. The van der Waals surface area contributed by atoms with Gasteiger partial charge in [0.25, 0.3) is 0 Å². The average Bonchev–Trinajstić information content (AvgIpc) is 1.66. The van der Waals surface area contributed by atoms with Crippen molar-refractivity contribution in [3.05, 3.63) is 149 Å². The second-order valence-corrected chi connectivity index (χ2v) is 31.3. The van der Waals surface area contributed by atoms with E-state index in [0.717, 1.165) is 22.2 Å². The first kappa shape index (κ1) is 85.4. The largest absolute Gasteiger partial charge is 0.497 e. The van der Waals surface area contributed by atoms with E-state index in [1.54, 1.807) is 67.7 Å². The van der Waals surface area contributed by atoms with Crippen LogP contribution in [0.3, 0.4) is 0 Å². The second-order valence-electron chi connectivity index (χ2n) is 31.3. The Bertz CT molecular complexity index is 4220. The number of aliphatic hydroxyl groups excluding tert-OH is 1. The fraction of sp³-hybridized carbons (Fsp3) is 0.530. The number of nitrogens with zero attached hydrogens (tertiary/aromatic N) is 4. The smallest absolute Gasteiger partial charge is 0.246 e. The predicted octanol–water partition coefficient (Wildman–Crippen LogP) is 2.74. The second kappa shape index (κ2) is 40.2. The first-order valence-electron chi connectivity index (χ1n) is 39.3. The van der Waals surface area contributed by atoms with Crippen LogP contribution in [0.25, 0.3) is 10.9 Å². The Morgan fingerprint density at radius 3 is 2.19 bits per heavy atom. The molecular formula is C83H111FN13O16+. The van der Waals surface area contributed by atoms with Crippen LogP contribution in [0.1, 0.15) is 124 Å². The molecule has 29 nitrogen and oxygen atoms in total. The number of halogens is 1. The zero-order chi connectivity index (χ0) is 80.9. The van der Waals surface area contributed by atoms with Crippen LogP contribution in [0.15, 0.2) is 109 Å². The van der Waals surface area contributed by atoms with Gasteiger partial charge < -0.3 is 90.8 Å². The van der Waals surface area contributed by atoms with Crippen molar-refractivity contribution in [3.63, 3.8) is 0 Å². The third-order valence-corrected chi connectivity index (χ3v) is 21.6. The summed E-state index contributed by atoms with van der Waals surface area (Å²) in [6.45, 7) is 5.94. The van der Waals surface area contributed by atoms with Crippen LogP contribution in [0.5, 0.6) is 5.75 Å². The molecule has 6 aliphatic heterocycles. The van der Waals surface area contributed by atoms with Crippen LogP contribution in [0.4, 0.5) is 4.39 Å². The van der Waals surface area contributed by atoms with Crippen LogP contribution in [0.2, 0.25) is 0 Å². The number of hydrogen-bond acceptors (Lipinski definition) is 17. The molecule has 10 amide bonds. The third kappa shape index (κ3) is 24.0. The maximum Gasteiger partial charge on any atom is 0.246 e. The van der Waals surface area contributed by atoms with Crippen LogP contribution in [-0.4, -0.2) is 243 Å². The maximum atomic E-state index is 16.3. The molecule has 0 aliphatic carbocycles. The first-order chi connectivity index (χ1) is 54.1. The van der Waals surface area contributed by atoms with E-state index in [0.29, 0.717) is 77.8 Å². The van der Waals surface area contributed by atoms with Crippen LogP contribution in [-0.2, 0) is 106 Å². The molecule has 2 fully saturated rings. The lowest BCUT2D eigenvalue weighted by atomic mass is 9.95. The van der Waals surface area contributed by atoms with E-state index >= 15 is 28.4 Å². The highest BCUT2D eigenvalue weighted by Gasteiger charge is 2.50. The molecule has 7 heterocycles. The highest BCUT2D eigenvalue weighted by molar-refractivity contribution is 5.99. The molecule has 0 saturated carbocycles. The number of ketones is 1. The lowest BCUT2D eigenvalue weighted by molar-refractivity contribution is -0.870. The molecule has 1 unspecified atom stereocenters. The highest BCUT2D eigenvalue weighted by Crippen LogP contribution is 2.33. The summed E-state index contributed by atoms with van der Waals surface area (Å²) >= 11 is 0. The lowest BCUT2D eigenvalue weighted by Gasteiger charge is -2.37. The minimum atomic E-state index is -1.83. The predicted molar refractivity (Wildman–Crippen MR) is 417 cm³/mol. The van der Waals surface area contributed by atoms with Gasteiger partial charge in [-0.1, -0.05) is 72.8 Å². The monoisotopic (exact) mass is 1560 g/mol. The molecule has 11 atom stereocenters. The summed E-state index contributed by atoms with van der Waals surface area (Å²) in [4.78, 5) is 165. The Labute approximate surface area is 658 Å². The number of quaternary nitrogens is 1. The highest BCUT2D eigenvalue weighted by atomic mass is 19.1. The van der Waals surface area contributed by atoms with Gasteiger partial charge in [-0.15, -0.1) is 0 Å². The molecule has 4 aromatic carbocycles. The molecule has 113 heavy (non-hydrogen) atoms.